The van der Waals surface area contributed by atoms with Gasteiger partial charge in [0.1, 0.15) is 5.56 Å². The van der Waals surface area contributed by atoms with Crippen molar-refractivity contribution in [2.75, 3.05) is 25.3 Å². The largest absolute Gasteiger partial charge is 0.454 e. The molecule has 1 heterocycles. The lowest BCUT2D eigenvalue weighted by Gasteiger charge is -2.17. The minimum atomic E-state index is -0.996. The smallest absolute Gasteiger partial charge is 0.345 e. The van der Waals surface area contributed by atoms with Gasteiger partial charge in [-0.2, -0.15) is 0 Å². The minimum Gasteiger partial charge on any atom is -0.454 e. The monoisotopic (exact) mass is 358 g/mol. The number of esters is 1. The van der Waals surface area contributed by atoms with Crippen molar-refractivity contribution in [1.29, 1.82) is 0 Å². The molecular formula is C17H14N2O7. The van der Waals surface area contributed by atoms with E-state index in [0.717, 1.165) is 6.07 Å². The number of carbonyl (C=O) groups is 2. The van der Waals surface area contributed by atoms with E-state index in [4.69, 9.17) is 14.2 Å². The fourth-order valence-corrected chi connectivity index (χ4v) is 2.34. The van der Waals surface area contributed by atoms with Gasteiger partial charge in [-0.05, 0) is 12.1 Å². The van der Waals surface area contributed by atoms with Gasteiger partial charge in [0.15, 0.2) is 18.1 Å². The molecule has 3 rings (SSSR count). The Morgan fingerprint density at radius 3 is 2.50 bits per heavy atom. The van der Waals surface area contributed by atoms with E-state index in [9.17, 15) is 19.7 Å². The quantitative estimate of drug-likeness (QED) is 0.458. The van der Waals surface area contributed by atoms with Crippen molar-refractivity contribution >= 4 is 23.3 Å². The van der Waals surface area contributed by atoms with Gasteiger partial charge >= 0.3 is 5.97 Å². The molecule has 1 aliphatic rings. The van der Waals surface area contributed by atoms with Crippen LogP contribution in [0.15, 0.2) is 42.5 Å². The Kier molecular flexibility index (Phi) is 4.70. The summed E-state index contributed by atoms with van der Waals surface area (Å²) < 4.78 is 15.1. The maximum absolute atomic E-state index is 12.2. The van der Waals surface area contributed by atoms with E-state index in [-0.39, 0.29) is 23.9 Å². The molecule has 9 nitrogen and oxygen atoms in total. The van der Waals surface area contributed by atoms with Gasteiger partial charge in [0.2, 0.25) is 6.79 Å². The second kappa shape index (κ2) is 7.09. The summed E-state index contributed by atoms with van der Waals surface area (Å²) in [7, 11) is 1.54. The third-order valence-electron chi connectivity index (χ3n) is 3.75. The number of fused-ring (bicyclic) bond motifs is 1. The van der Waals surface area contributed by atoms with E-state index in [0.29, 0.717) is 5.69 Å². The number of hydrogen-bond acceptors (Lipinski definition) is 7. The number of amides is 1. The normalized spacial score (nSPS) is 11.7. The Bertz CT molecular complexity index is 867. The first kappa shape index (κ1) is 17.2. The predicted octanol–water partition coefficient (Wildman–Crippen LogP) is 2.14. The average Bonchev–Trinajstić information content (AvgIpc) is 3.12. The lowest BCUT2D eigenvalue weighted by molar-refractivity contribution is -0.385. The number of likely N-dealkylation sites (N-methyl/N-ethyl adjacent to an activating group) is 1. The van der Waals surface area contributed by atoms with Crippen LogP contribution in [-0.2, 0) is 9.53 Å². The van der Waals surface area contributed by atoms with Crippen molar-refractivity contribution in [2.24, 2.45) is 0 Å². The maximum Gasteiger partial charge on any atom is 0.345 e. The molecule has 0 unspecified atom stereocenters. The third kappa shape index (κ3) is 3.41. The zero-order chi connectivity index (χ0) is 18.7. The van der Waals surface area contributed by atoms with E-state index in [1.54, 1.807) is 30.3 Å². The lowest BCUT2D eigenvalue weighted by atomic mass is 10.1. The van der Waals surface area contributed by atoms with Gasteiger partial charge in [0, 0.05) is 18.8 Å². The molecule has 0 spiro atoms. The first-order valence-corrected chi connectivity index (χ1v) is 7.54. The van der Waals surface area contributed by atoms with E-state index >= 15 is 0 Å². The lowest BCUT2D eigenvalue weighted by Crippen LogP contribution is -2.31. The molecule has 134 valence electrons. The highest BCUT2D eigenvalue weighted by Gasteiger charge is 2.28. The summed E-state index contributed by atoms with van der Waals surface area (Å²) in [5.74, 6) is -1.10. The first-order chi connectivity index (χ1) is 12.5. The van der Waals surface area contributed by atoms with Crippen molar-refractivity contribution in [3.8, 4) is 11.5 Å². The van der Waals surface area contributed by atoms with Gasteiger partial charge in [-0.1, -0.05) is 18.2 Å². The fraction of sp³-hybridized carbons (Fsp3) is 0.176. The van der Waals surface area contributed by atoms with Gasteiger partial charge < -0.3 is 19.1 Å². The van der Waals surface area contributed by atoms with Crippen molar-refractivity contribution < 1.29 is 28.7 Å². The fourth-order valence-electron chi connectivity index (χ4n) is 2.34. The zero-order valence-corrected chi connectivity index (χ0v) is 13.7. The number of para-hydroxylation sites is 1. The molecular weight excluding hydrogens is 344 g/mol. The molecule has 2 aromatic carbocycles. The predicted molar refractivity (Wildman–Crippen MR) is 89.4 cm³/mol. The highest BCUT2D eigenvalue weighted by molar-refractivity contribution is 5.98. The Labute approximate surface area is 147 Å². The highest BCUT2D eigenvalue weighted by Crippen LogP contribution is 2.38. The zero-order valence-electron chi connectivity index (χ0n) is 13.7. The van der Waals surface area contributed by atoms with Crippen molar-refractivity contribution in [2.45, 2.75) is 0 Å². The summed E-state index contributed by atoms with van der Waals surface area (Å²) in [6.45, 7) is -0.652. The van der Waals surface area contributed by atoms with E-state index < -0.39 is 29.1 Å². The molecule has 1 aliphatic heterocycles. The summed E-state index contributed by atoms with van der Waals surface area (Å²) in [6.07, 6.45) is 0. The molecule has 0 radical (unpaired) electrons. The van der Waals surface area contributed by atoms with E-state index in [1.165, 1.54) is 18.0 Å². The molecule has 0 atom stereocenters. The number of carbonyl (C=O) groups excluding carboxylic acids is 2. The summed E-state index contributed by atoms with van der Waals surface area (Å²) in [4.78, 5) is 36.2. The van der Waals surface area contributed by atoms with Gasteiger partial charge in [-0.25, -0.2) is 4.79 Å². The molecule has 26 heavy (non-hydrogen) atoms. The van der Waals surface area contributed by atoms with Crippen LogP contribution in [0.25, 0.3) is 0 Å². The Hall–Kier alpha value is -3.62. The Morgan fingerprint density at radius 1 is 1.19 bits per heavy atom. The number of hydrogen-bond donors (Lipinski definition) is 0. The third-order valence-corrected chi connectivity index (χ3v) is 3.75. The molecule has 1 amide bonds. The summed E-state index contributed by atoms with van der Waals surface area (Å²) in [5.41, 5.74) is -0.167. The Balaban J connectivity index is 1.72. The summed E-state index contributed by atoms with van der Waals surface area (Å²) >= 11 is 0. The van der Waals surface area contributed by atoms with Gasteiger partial charge in [0.25, 0.3) is 11.6 Å². The molecule has 0 aromatic heterocycles. The number of anilines is 1. The molecule has 0 saturated heterocycles. The summed E-state index contributed by atoms with van der Waals surface area (Å²) in [5, 5.41) is 11.2. The SMILES string of the molecule is CN(C(=O)COC(=O)c1cc2c(cc1[N+](=O)[O-])OCO2)c1ccccc1. The molecule has 0 fully saturated rings. The van der Waals surface area contributed by atoms with E-state index in [1.807, 2.05) is 0 Å². The van der Waals surface area contributed by atoms with Crippen molar-refractivity contribution in [3.05, 3.63) is 58.1 Å². The van der Waals surface area contributed by atoms with Crippen LogP contribution in [0.5, 0.6) is 11.5 Å². The number of benzene rings is 2. The number of nitro benzene ring substituents is 1. The molecule has 2 aromatic rings. The van der Waals surface area contributed by atoms with Gasteiger partial charge in [-0.15, -0.1) is 0 Å². The second-order valence-corrected chi connectivity index (χ2v) is 5.34. The Morgan fingerprint density at radius 2 is 1.85 bits per heavy atom. The first-order valence-electron chi connectivity index (χ1n) is 7.54. The van der Waals surface area contributed by atoms with Crippen LogP contribution in [0, 0.1) is 10.1 Å². The van der Waals surface area contributed by atoms with Crippen molar-refractivity contribution in [1.82, 2.24) is 0 Å². The molecule has 0 aliphatic carbocycles. The molecule has 0 N–H and O–H groups in total. The number of rotatable bonds is 5. The van der Waals surface area contributed by atoms with Crippen LogP contribution in [0.2, 0.25) is 0 Å². The number of ether oxygens (including phenoxy) is 3. The number of nitro groups is 1. The van der Waals surface area contributed by atoms with Crippen LogP contribution in [0.1, 0.15) is 10.4 Å². The highest BCUT2D eigenvalue weighted by atomic mass is 16.7. The molecule has 0 bridgehead atoms. The van der Waals surface area contributed by atoms with Crippen LogP contribution in [0.4, 0.5) is 11.4 Å². The van der Waals surface area contributed by atoms with Crippen LogP contribution in [0.3, 0.4) is 0 Å². The molecule has 9 heteroatoms. The van der Waals surface area contributed by atoms with Crippen LogP contribution >= 0.6 is 0 Å². The standard InChI is InChI=1S/C17H14N2O7/c1-18(11-5-3-2-4-6-11)16(20)9-24-17(21)12-7-14-15(26-10-25-14)8-13(12)19(22)23/h2-8H,9-10H2,1H3. The second-order valence-electron chi connectivity index (χ2n) is 5.34. The van der Waals surface area contributed by atoms with Crippen LogP contribution < -0.4 is 14.4 Å². The van der Waals surface area contributed by atoms with Crippen LogP contribution in [-0.4, -0.2) is 37.2 Å². The molecule has 0 saturated carbocycles. The maximum atomic E-state index is 12.2. The van der Waals surface area contributed by atoms with Gasteiger partial charge in [0.05, 0.1) is 11.0 Å². The minimum absolute atomic E-state index is 0.0919. The van der Waals surface area contributed by atoms with Crippen molar-refractivity contribution in [3.63, 3.8) is 0 Å². The van der Waals surface area contributed by atoms with E-state index in [2.05, 4.69) is 0 Å². The number of nitrogens with zero attached hydrogens (tertiary/aromatic N) is 2. The topological polar surface area (TPSA) is 108 Å². The van der Waals surface area contributed by atoms with Gasteiger partial charge in [-0.3, -0.25) is 14.9 Å². The average molecular weight is 358 g/mol. The summed E-state index contributed by atoms with van der Waals surface area (Å²) in [6, 6.07) is 11.1.